The topological polar surface area (TPSA) is 38.3 Å². The van der Waals surface area contributed by atoms with E-state index in [1.807, 2.05) is 12.1 Å². The number of halogens is 2. The monoisotopic (exact) mass is 361 g/mol. The summed E-state index contributed by atoms with van der Waals surface area (Å²) in [5.74, 6) is -0.218. The standard InChI is InChI=1S/C12H13Br2NO2/c13-8-5-6-11(14)10(7-8)12(16)15-17-9-3-1-2-4-9/h5-7,9H,1-4H2,(H,15,16). The van der Waals surface area contributed by atoms with Crippen molar-refractivity contribution in [3.63, 3.8) is 0 Å². The quantitative estimate of drug-likeness (QED) is 0.830. The van der Waals surface area contributed by atoms with Gasteiger partial charge in [0.15, 0.2) is 0 Å². The van der Waals surface area contributed by atoms with Gasteiger partial charge in [0.25, 0.3) is 5.91 Å². The van der Waals surface area contributed by atoms with E-state index in [0.29, 0.717) is 5.56 Å². The van der Waals surface area contributed by atoms with Crippen molar-refractivity contribution in [3.8, 4) is 0 Å². The van der Waals surface area contributed by atoms with E-state index in [0.717, 1.165) is 21.8 Å². The number of hydroxylamine groups is 1. The van der Waals surface area contributed by atoms with Crippen LogP contribution >= 0.6 is 31.9 Å². The molecule has 1 aromatic rings. The Morgan fingerprint density at radius 3 is 2.71 bits per heavy atom. The van der Waals surface area contributed by atoms with E-state index < -0.39 is 0 Å². The Bertz CT molecular complexity index is 417. The first kappa shape index (κ1) is 13.1. The molecule has 1 aliphatic rings. The van der Waals surface area contributed by atoms with E-state index in [1.54, 1.807) is 6.07 Å². The van der Waals surface area contributed by atoms with Crippen LogP contribution in [0.5, 0.6) is 0 Å². The number of rotatable bonds is 3. The zero-order valence-corrected chi connectivity index (χ0v) is 12.4. The Kier molecular flexibility index (Phi) is 4.59. The fourth-order valence-corrected chi connectivity index (χ4v) is 2.66. The first-order valence-corrected chi connectivity index (χ1v) is 7.16. The second kappa shape index (κ2) is 5.98. The lowest BCUT2D eigenvalue weighted by Crippen LogP contribution is -2.28. The Hall–Kier alpha value is -0.390. The van der Waals surface area contributed by atoms with Gasteiger partial charge in [-0.1, -0.05) is 28.8 Å². The highest BCUT2D eigenvalue weighted by atomic mass is 79.9. The number of amides is 1. The Morgan fingerprint density at radius 2 is 2.00 bits per heavy atom. The van der Waals surface area contributed by atoms with Gasteiger partial charge in [-0.3, -0.25) is 9.63 Å². The van der Waals surface area contributed by atoms with Crippen molar-refractivity contribution in [1.82, 2.24) is 5.48 Å². The predicted molar refractivity (Wildman–Crippen MR) is 72.6 cm³/mol. The molecule has 1 aliphatic carbocycles. The van der Waals surface area contributed by atoms with Crippen molar-refractivity contribution in [2.45, 2.75) is 31.8 Å². The van der Waals surface area contributed by atoms with E-state index in [2.05, 4.69) is 37.3 Å². The molecule has 17 heavy (non-hydrogen) atoms. The molecule has 0 radical (unpaired) electrons. The molecule has 1 amide bonds. The van der Waals surface area contributed by atoms with Crippen LogP contribution in [0.3, 0.4) is 0 Å². The number of carbonyl (C=O) groups is 1. The number of hydrogen-bond acceptors (Lipinski definition) is 2. The van der Waals surface area contributed by atoms with E-state index >= 15 is 0 Å². The van der Waals surface area contributed by atoms with Gasteiger partial charge in [0, 0.05) is 8.95 Å². The number of carbonyl (C=O) groups excluding carboxylic acids is 1. The van der Waals surface area contributed by atoms with Gasteiger partial charge >= 0.3 is 0 Å². The zero-order valence-electron chi connectivity index (χ0n) is 9.21. The first-order valence-electron chi connectivity index (χ1n) is 5.58. The molecule has 5 heteroatoms. The summed E-state index contributed by atoms with van der Waals surface area (Å²) in [6.07, 6.45) is 4.59. The maximum absolute atomic E-state index is 11.9. The van der Waals surface area contributed by atoms with Crippen molar-refractivity contribution in [3.05, 3.63) is 32.7 Å². The minimum absolute atomic E-state index is 0.171. The molecular weight excluding hydrogens is 350 g/mol. The summed E-state index contributed by atoms with van der Waals surface area (Å²) in [6.45, 7) is 0. The van der Waals surface area contributed by atoms with Crippen molar-refractivity contribution >= 4 is 37.8 Å². The van der Waals surface area contributed by atoms with E-state index in [-0.39, 0.29) is 12.0 Å². The third-order valence-electron chi connectivity index (χ3n) is 2.79. The molecule has 0 heterocycles. The van der Waals surface area contributed by atoms with Gasteiger partial charge in [0.2, 0.25) is 0 Å². The fourth-order valence-electron chi connectivity index (χ4n) is 1.87. The lowest BCUT2D eigenvalue weighted by atomic mass is 10.2. The minimum atomic E-state index is -0.218. The highest BCUT2D eigenvalue weighted by Gasteiger charge is 2.18. The van der Waals surface area contributed by atoms with Gasteiger partial charge in [0.05, 0.1) is 11.7 Å². The van der Waals surface area contributed by atoms with Crippen LogP contribution < -0.4 is 5.48 Å². The average molecular weight is 363 g/mol. The zero-order chi connectivity index (χ0) is 12.3. The molecule has 1 saturated carbocycles. The number of nitrogens with one attached hydrogen (secondary N) is 1. The molecule has 0 saturated heterocycles. The molecule has 1 fully saturated rings. The molecule has 92 valence electrons. The molecular formula is C12H13Br2NO2. The van der Waals surface area contributed by atoms with Crippen LogP contribution in [0.2, 0.25) is 0 Å². The lowest BCUT2D eigenvalue weighted by molar-refractivity contribution is -0.0125. The maximum Gasteiger partial charge on any atom is 0.276 e. The van der Waals surface area contributed by atoms with Crippen LogP contribution in [0, 0.1) is 0 Å². The largest absolute Gasteiger partial charge is 0.276 e. The SMILES string of the molecule is O=C(NOC1CCCC1)c1cc(Br)ccc1Br. The van der Waals surface area contributed by atoms with Gasteiger partial charge in [-0.25, -0.2) is 5.48 Å². The minimum Gasteiger partial charge on any atom is -0.270 e. The maximum atomic E-state index is 11.9. The van der Waals surface area contributed by atoms with Crippen molar-refractivity contribution in [2.75, 3.05) is 0 Å². The molecule has 0 atom stereocenters. The molecule has 1 aromatic carbocycles. The van der Waals surface area contributed by atoms with Crippen LogP contribution in [-0.4, -0.2) is 12.0 Å². The van der Waals surface area contributed by atoms with Gasteiger partial charge in [-0.05, 0) is 47.0 Å². The summed E-state index contributed by atoms with van der Waals surface area (Å²) in [5.41, 5.74) is 3.09. The van der Waals surface area contributed by atoms with Crippen molar-refractivity contribution < 1.29 is 9.63 Å². The summed E-state index contributed by atoms with van der Waals surface area (Å²) in [5, 5.41) is 0. The van der Waals surface area contributed by atoms with Crippen molar-refractivity contribution in [1.29, 1.82) is 0 Å². The molecule has 0 unspecified atom stereocenters. The third kappa shape index (κ3) is 3.53. The van der Waals surface area contributed by atoms with Crippen LogP contribution in [-0.2, 0) is 4.84 Å². The molecule has 0 aromatic heterocycles. The summed E-state index contributed by atoms with van der Waals surface area (Å²) in [6, 6.07) is 5.46. The van der Waals surface area contributed by atoms with E-state index in [1.165, 1.54) is 12.8 Å². The summed E-state index contributed by atoms with van der Waals surface area (Å²) in [7, 11) is 0. The van der Waals surface area contributed by atoms with Gasteiger partial charge in [-0.15, -0.1) is 0 Å². The van der Waals surface area contributed by atoms with Crippen LogP contribution in [0.25, 0.3) is 0 Å². The Labute approximate surface area is 117 Å². The summed E-state index contributed by atoms with van der Waals surface area (Å²) in [4.78, 5) is 17.3. The number of benzene rings is 1. The molecule has 0 aliphatic heterocycles. The first-order chi connectivity index (χ1) is 8.16. The third-order valence-corrected chi connectivity index (χ3v) is 3.98. The Morgan fingerprint density at radius 1 is 1.29 bits per heavy atom. The predicted octanol–water partition coefficient (Wildman–Crippen LogP) is 3.82. The fraction of sp³-hybridized carbons (Fsp3) is 0.417. The molecule has 0 bridgehead atoms. The number of hydrogen-bond donors (Lipinski definition) is 1. The van der Waals surface area contributed by atoms with Crippen LogP contribution in [0.15, 0.2) is 27.1 Å². The Balaban J connectivity index is 1.96. The normalized spacial score (nSPS) is 16.1. The molecule has 0 spiro atoms. The van der Waals surface area contributed by atoms with E-state index in [9.17, 15) is 4.79 Å². The second-order valence-electron chi connectivity index (χ2n) is 4.08. The second-order valence-corrected chi connectivity index (χ2v) is 5.85. The molecule has 2 rings (SSSR count). The highest BCUT2D eigenvalue weighted by molar-refractivity contribution is 9.11. The molecule has 3 nitrogen and oxygen atoms in total. The van der Waals surface area contributed by atoms with Gasteiger partial charge in [0.1, 0.15) is 0 Å². The van der Waals surface area contributed by atoms with Crippen LogP contribution in [0.4, 0.5) is 0 Å². The molecule has 1 N–H and O–H groups in total. The van der Waals surface area contributed by atoms with Crippen LogP contribution in [0.1, 0.15) is 36.0 Å². The van der Waals surface area contributed by atoms with Gasteiger partial charge in [-0.2, -0.15) is 0 Å². The highest BCUT2D eigenvalue weighted by Crippen LogP contribution is 2.23. The summed E-state index contributed by atoms with van der Waals surface area (Å²) < 4.78 is 1.62. The van der Waals surface area contributed by atoms with Gasteiger partial charge < -0.3 is 0 Å². The van der Waals surface area contributed by atoms with Crippen molar-refractivity contribution in [2.24, 2.45) is 0 Å². The summed E-state index contributed by atoms with van der Waals surface area (Å²) >= 11 is 6.69. The lowest BCUT2D eigenvalue weighted by Gasteiger charge is -2.12. The van der Waals surface area contributed by atoms with E-state index in [4.69, 9.17) is 4.84 Å². The average Bonchev–Trinajstić information content (AvgIpc) is 2.82. The smallest absolute Gasteiger partial charge is 0.270 e.